The van der Waals surface area contributed by atoms with Gasteiger partial charge in [0.05, 0.1) is 0 Å². The van der Waals surface area contributed by atoms with Crippen LogP contribution in [-0.2, 0) is 0 Å². The minimum atomic E-state index is -0.806. The topological polar surface area (TPSA) is 40.5 Å². The summed E-state index contributed by atoms with van der Waals surface area (Å²) in [7, 11) is 0. The standard InChI is InChI=1S/C11H17NO2/c1-3-4-5-11(2)6-8-12(9-7-11)10(13)14/h3-5H,1,6-9H2,2H3,(H,13,14)/b5-4+. The van der Waals surface area contributed by atoms with Gasteiger partial charge in [-0.15, -0.1) is 0 Å². The molecule has 0 aromatic heterocycles. The molecule has 1 aliphatic rings. The molecule has 14 heavy (non-hydrogen) atoms. The monoisotopic (exact) mass is 195 g/mol. The number of hydrogen-bond donors (Lipinski definition) is 1. The molecule has 0 aliphatic carbocycles. The van der Waals surface area contributed by atoms with Crippen molar-refractivity contribution in [3.63, 3.8) is 0 Å². The van der Waals surface area contributed by atoms with Gasteiger partial charge in [-0.3, -0.25) is 0 Å². The summed E-state index contributed by atoms with van der Waals surface area (Å²) in [6, 6.07) is 0. The fourth-order valence-corrected chi connectivity index (χ4v) is 1.68. The lowest BCUT2D eigenvalue weighted by atomic mass is 9.80. The molecule has 1 amide bonds. The van der Waals surface area contributed by atoms with Crippen molar-refractivity contribution in [2.75, 3.05) is 13.1 Å². The predicted octanol–water partition coefficient (Wildman–Crippen LogP) is 2.51. The number of rotatable bonds is 2. The van der Waals surface area contributed by atoms with E-state index in [0.29, 0.717) is 13.1 Å². The van der Waals surface area contributed by atoms with Crippen molar-refractivity contribution in [3.05, 3.63) is 24.8 Å². The Morgan fingerprint density at radius 3 is 2.50 bits per heavy atom. The first-order valence-electron chi connectivity index (χ1n) is 4.85. The summed E-state index contributed by atoms with van der Waals surface area (Å²) in [5, 5.41) is 8.78. The molecular formula is C11H17NO2. The number of carboxylic acid groups (broad SMARTS) is 1. The first kappa shape index (κ1) is 10.8. The molecule has 0 atom stereocenters. The van der Waals surface area contributed by atoms with Crippen molar-refractivity contribution < 1.29 is 9.90 Å². The second-order valence-electron chi connectivity index (χ2n) is 4.02. The van der Waals surface area contributed by atoms with Crippen molar-refractivity contribution in [1.82, 2.24) is 4.90 Å². The van der Waals surface area contributed by atoms with Crippen LogP contribution in [-0.4, -0.2) is 29.2 Å². The highest BCUT2D eigenvalue weighted by Gasteiger charge is 2.29. The SMILES string of the molecule is C=C/C=C/C1(C)CCN(C(=O)O)CC1. The predicted molar refractivity (Wildman–Crippen MR) is 56.3 cm³/mol. The highest BCUT2D eigenvalue weighted by Crippen LogP contribution is 2.32. The van der Waals surface area contributed by atoms with Crippen molar-refractivity contribution in [2.24, 2.45) is 5.41 Å². The first-order valence-corrected chi connectivity index (χ1v) is 4.85. The minimum absolute atomic E-state index is 0.139. The zero-order valence-electron chi connectivity index (χ0n) is 8.57. The number of carbonyl (C=O) groups is 1. The number of piperidine rings is 1. The van der Waals surface area contributed by atoms with Gasteiger partial charge in [0.2, 0.25) is 0 Å². The van der Waals surface area contributed by atoms with Crippen LogP contribution in [0.15, 0.2) is 24.8 Å². The molecule has 0 aromatic carbocycles. The maximum absolute atomic E-state index is 10.7. The summed E-state index contributed by atoms with van der Waals surface area (Å²) in [4.78, 5) is 12.1. The molecule has 0 radical (unpaired) electrons. The van der Waals surface area contributed by atoms with E-state index in [0.717, 1.165) is 12.8 Å². The van der Waals surface area contributed by atoms with Crippen molar-refractivity contribution in [2.45, 2.75) is 19.8 Å². The van der Waals surface area contributed by atoms with E-state index in [9.17, 15) is 4.79 Å². The smallest absolute Gasteiger partial charge is 0.407 e. The second kappa shape index (κ2) is 4.31. The Morgan fingerprint density at radius 2 is 2.07 bits per heavy atom. The van der Waals surface area contributed by atoms with E-state index in [2.05, 4.69) is 19.6 Å². The average Bonchev–Trinajstić information content (AvgIpc) is 2.16. The molecule has 3 nitrogen and oxygen atoms in total. The lowest BCUT2D eigenvalue weighted by molar-refractivity contribution is 0.113. The number of amides is 1. The van der Waals surface area contributed by atoms with E-state index >= 15 is 0 Å². The third-order valence-electron chi connectivity index (χ3n) is 2.81. The molecule has 78 valence electrons. The highest BCUT2D eigenvalue weighted by molar-refractivity contribution is 5.65. The summed E-state index contributed by atoms with van der Waals surface area (Å²) in [5.41, 5.74) is 0.139. The fourth-order valence-electron chi connectivity index (χ4n) is 1.68. The Morgan fingerprint density at radius 1 is 1.50 bits per heavy atom. The van der Waals surface area contributed by atoms with E-state index in [1.165, 1.54) is 4.90 Å². The molecule has 1 N–H and O–H groups in total. The van der Waals surface area contributed by atoms with Crippen molar-refractivity contribution in [1.29, 1.82) is 0 Å². The Kier molecular flexibility index (Phi) is 3.33. The Hall–Kier alpha value is -1.25. The summed E-state index contributed by atoms with van der Waals surface area (Å²) in [5.74, 6) is 0. The zero-order valence-corrected chi connectivity index (χ0v) is 8.57. The van der Waals surface area contributed by atoms with Gasteiger partial charge in [0.15, 0.2) is 0 Å². The van der Waals surface area contributed by atoms with Gasteiger partial charge in [0.25, 0.3) is 0 Å². The van der Waals surface area contributed by atoms with Crippen LogP contribution in [0.5, 0.6) is 0 Å². The van der Waals surface area contributed by atoms with Crippen LogP contribution in [0.4, 0.5) is 4.79 Å². The summed E-state index contributed by atoms with van der Waals surface area (Å²) in [6.45, 7) is 7.05. The van der Waals surface area contributed by atoms with Gasteiger partial charge < -0.3 is 10.0 Å². The van der Waals surface area contributed by atoms with Gasteiger partial charge in [-0.25, -0.2) is 4.79 Å². The maximum atomic E-state index is 10.7. The Labute approximate surface area is 84.7 Å². The third kappa shape index (κ3) is 2.62. The van der Waals surface area contributed by atoms with Crippen LogP contribution in [0, 0.1) is 5.41 Å². The number of hydrogen-bond acceptors (Lipinski definition) is 1. The van der Waals surface area contributed by atoms with Gasteiger partial charge in [0, 0.05) is 13.1 Å². The summed E-state index contributed by atoms with van der Waals surface area (Å²) >= 11 is 0. The number of likely N-dealkylation sites (tertiary alicyclic amines) is 1. The van der Waals surface area contributed by atoms with Crippen molar-refractivity contribution in [3.8, 4) is 0 Å². The highest BCUT2D eigenvalue weighted by atomic mass is 16.4. The van der Waals surface area contributed by atoms with E-state index in [1.807, 2.05) is 6.08 Å². The molecule has 1 saturated heterocycles. The molecule has 1 heterocycles. The first-order chi connectivity index (χ1) is 6.57. The van der Waals surface area contributed by atoms with Crippen LogP contribution in [0.1, 0.15) is 19.8 Å². The molecule has 0 unspecified atom stereocenters. The largest absolute Gasteiger partial charge is 0.465 e. The maximum Gasteiger partial charge on any atom is 0.407 e. The Bertz CT molecular complexity index is 250. The molecule has 1 aliphatic heterocycles. The molecular weight excluding hydrogens is 178 g/mol. The van der Waals surface area contributed by atoms with Crippen LogP contribution >= 0.6 is 0 Å². The lowest BCUT2D eigenvalue weighted by Crippen LogP contribution is -2.40. The molecule has 1 rings (SSSR count). The normalized spacial score (nSPS) is 21.1. The number of allylic oxidation sites excluding steroid dienone is 3. The summed E-state index contributed by atoms with van der Waals surface area (Å²) < 4.78 is 0. The molecule has 0 saturated carbocycles. The van der Waals surface area contributed by atoms with E-state index in [4.69, 9.17) is 5.11 Å². The fraction of sp³-hybridized carbons (Fsp3) is 0.545. The summed E-state index contributed by atoms with van der Waals surface area (Å²) in [6.07, 6.45) is 6.80. The second-order valence-corrected chi connectivity index (χ2v) is 4.02. The van der Waals surface area contributed by atoms with Gasteiger partial charge in [-0.2, -0.15) is 0 Å². The molecule has 0 bridgehead atoms. The van der Waals surface area contributed by atoms with E-state index in [1.54, 1.807) is 6.08 Å². The molecule has 0 aromatic rings. The quantitative estimate of drug-likeness (QED) is 0.688. The van der Waals surface area contributed by atoms with E-state index in [-0.39, 0.29) is 5.41 Å². The van der Waals surface area contributed by atoms with Gasteiger partial charge in [0.1, 0.15) is 0 Å². The third-order valence-corrected chi connectivity index (χ3v) is 2.81. The zero-order chi connectivity index (χ0) is 10.6. The van der Waals surface area contributed by atoms with Crippen molar-refractivity contribution >= 4 is 6.09 Å². The van der Waals surface area contributed by atoms with E-state index < -0.39 is 6.09 Å². The minimum Gasteiger partial charge on any atom is -0.465 e. The van der Waals surface area contributed by atoms with Crippen LogP contribution in [0.25, 0.3) is 0 Å². The molecule has 1 fully saturated rings. The van der Waals surface area contributed by atoms with Gasteiger partial charge in [-0.1, -0.05) is 31.7 Å². The lowest BCUT2D eigenvalue weighted by Gasteiger charge is -2.36. The number of nitrogens with zero attached hydrogens (tertiary/aromatic N) is 1. The van der Waals surface area contributed by atoms with Gasteiger partial charge in [-0.05, 0) is 18.3 Å². The van der Waals surface area contributed by atoms with Crippen LogP contribution < -0.4 is 0 Å². The van der Waals surface area contributed by atoms with Crippen LogP contribution in [0.3, 0.4) is 0 Å². The average molecular weight is 195 g/mol. The molecule has 3 heteroatoms. The van der Waals surface area contributed by atoms with Crippen LogP contribution in [0.2, 0.25) is 0 Å². The Balaban J connectivity index is 2.52. The molecule has 0 spiro atoms. The van der Waals surface area contributed by atoms with Gasteiger partial charge >= 0.3 is 6.09 Å².